The monoisotopic (exact) mass is 227 g/mol. The number of hydrogen-bond donors (Lipinski definition) is 0. The third-order valence-corrected chi connectivity index (χ3v) is 4.63. The van der Waals surface area contributed by atoms with Crippen LogP contribution >= 0.6 is 0 Å². The van der Waals surface area contributed by atoms with Gasteiger partial charge in [0.1, 0.15) is 0 Å². The summed E-state index contributed by atoms with van der Waals surface area (Å²) in [5.41, 5.74) is 9.08. The van der Waals surface area contributed by atoms with E-state index in [0.717, 1.165) is 12.8 Å². The molecule has 0 aromatic heterocycles. The van der Waals surface area contributed by atoms with Crippen molar-refractivity contribution in [2.75, 3.05) is 0 Å². The van der Waals surface area contributed by atoms with Crippen molar-refractivity contribution >= 4 is 0 Å². The van der Waals surface area contributed by atoms with E-state index >= 15 is 0 Å². The highest BCUT2D eigenvalue weighted by atomic mass is 14.4. The highest BCUT2D eigenvalue weighted by Crippen LogP contribution is 2.51. The lowest BCUT2D eigenvalue weighted by Crippen LogP contribution is -2.15. The zero-order chi connectivity index (χ0) is 12.8. The molecule has 1 radical (unpaired) electrons. The predicted molar refractivity (Wildman–Crippen MR) is 74.6 cm³/mol. The number of allylic oxidation sites excluding steroid dienone is 8. The van der Waals surface area contributed by atoms with Crippen LogP contribution < -0.4 is 0 Å². The largest absolute Gasteiger partial charge is 0.0722 e. The molecule has 0 N–H and O–H groups in total. The fourth-order valence-corrected chi connectivity index (χ4v) is 3.20. The summed E-state index contributed by atoms with van der Waals surface area (Å²) in [4.78, 5) is 0. The lowest BCUT2D eigenvalue weighted by Gasteiger charge is -2.28. The Morgan fingerprint density at radius 3 is 2.29 bits per heavy atom. The molecule has 0 heterocycles. The smallest absolute Gasteiger partial charge is 0.0117 e. The van der Waals surface area contributed by atoms with Crippen molar-refractivity contribution in [1.29, 1.82) is 0 Å². The minimum absolute atomic E-state index is 0.187. The molecule has 17 heavy (non-hydrogen) atoms. The molecule has 2 aliphatic carbocycles. The van der Waals surface area contributed by atoms with Gasteiger partial charge in [-0.1, -0.05) is 32.4 Å². The van der Waals surface area contributed by atoms with Crippen molar-refractivity contribution in [2.45, 2.75) is 54.4 Å². The SMILES string of the molecule is CCC1=[C]CC=C1C1=C(C)C(C)=C(C)C1(C)C. The number of hydrogen-bond acceptors (Lipinski definition) is 0. The van der Waals surface area contributed by atoms with E-state index < -0.39 is 0 Å². The standard InChI is InChI=1S/C17H23/c1-7-14-9-8-10-15(14)16-12(3)11(2)13(4)17(16,5)6/h10H,7-8H2,1-6H3. The molecule has 0 aromatic carbocycles. The molecule has 2 aliphatic rings. The first-order valence-electron chi connectivity index (χ1n) is 6.61. The van der Waals surface area contributed by atoms with Gasteiger partial charge in [0.25, 0.3) is 0 Å². The molecule has 0 aromatic rings. The highest BCUT2D eigenvalue weighted by Gasteiger charge is 2.37. The van der Waals surface area contributed by atoms with Crippen LogP contribution in [0.25, 0.3) is 0 Å². The van der Waals surface area contributed by atoms with E-state index in [-0.39, 0.29) is 5.41 Å². The van der Waals surface area contributed by atoms with E-state index in [0.29, 0.717) is 0 Å². The lowest BCUT2D eigenvalue weighted by molar-refractivity contribution is 0.554. The van der Waals surface area contributed by atoms with Gasteiger partial charge in [-0.3, -0.25) is 0 Å². The molecular formula is C17H23. The summed E-state index contributed by atoms with van der Waals surface area (Å²) < 4.78 is 0. The zero-order valence-electron chi connectivity index (χ0n) is 12.0. The van der Waals surface area contributed by atoms with Crippen molar-refractivity contribution in [3.05, 3.63) is 45.6 Å². The highest BCUT2D eigenvalue weighted by molar-refractivity contribution is 5.63. The summed E-state index contributed by atoms with van der Waals surface area (Å²) in [5.74, 6) is 0. The minimum Gasteiger partial charge on any atom is -0.0722 e. The molecule has 0 saturated heterocycles. The van der Waals surface area contributed by atoms with Gasteiger partial charge in [0.15, 0.2) is 0 Å². The Bertz CT molecular complexity index is 476. The second-order valence-corrected chi connectivity index (χ2v) is 5.71. The summed E-state index contributed by atoms with van der Waals surface area (Å²) in [7, 11) is 0. The fraction of sp³-hybridized carbons (Fsp3) is 0.529. The van der Waals surface area contributed by atoms with E-state index in [2.05, 4.69) is 53.7 Å². The molecule has 0 saturated carbocycles. The second-order valence-electron chi connectivity index (χ2n) is 5.71. The van der Waals surface area contributed by atoms with Crippen molar-refractivity contribution in [2.24, 2.45) is 5.41 Å². The van der Waals surface area contributed by atoms with E-state index in [1.807, 2.05) is 0 Å². The molecule has 0 amide bonds. The van der Waals surface area contributed by atoms with Crippen LogP contribution in [-0.2, 0) is 0 Å². The van der Waals surface area contributed by atoms with Gasteiger partial charge in [-0.15, -0.1) is 0 Å². The normalized spacial score (nSPS) is 23.4. The van der Waals surface area contributed by atoms with Crippen molar-refractivity contribution < 1.29 is 0 Å². The Labute approximate surface area is 106 Å². The van der Waals surface area contributed by atoms with Crippen molar-refractivity contribution in [3.63, 3.8) is 0 Å². The Kier molecular flexibility index (Phi) is 2.93. The van der Waals surface area contributed by atoms with Gasteiger partial charge in [0.2, 0.25) is 0 Å². The van der Waals surface area contributed by atoms with Crippen LogP contribution in [-0.4, -0.2) is 0 Å². The maximum Gasteiger partial charge on any atom is 0.0117 e. The van der Waals surface area contributed by atoms with E-state index in [1.54, 1.807) is 0 Å². The predicted octanol–water partition coefficient (Wildman–Crippen LogP) is 5.15. The van der Waals surface area contributed by atoms with Crippen LogP contribution in [0.1, 0.15) is 54.4 Å². The average molecular weight is 227 g/mol. The van der Waals surface area contributed by atoms with Gasteiger partial charge in [-0.05, 0) is 67.6 Å². The Morgan fingerprint density at radius 1 is 1.18 bits per heavy atom. The zero-order valence-corrected chi connectivity index (χ0v) is 12.0. The average Bonchev–Trinajstić information content (AvgIpc) is 2.79. The Hall–Kier alpha value is -1.04. The summed E-state index contributed by atoms with van der Waals surface area (Å²) in [6, 6.07) is 0. The molecule has 0 nitrogen and oxygen atoms in total. The third kappa shape index (κ3) is 1.66. The minimum atomic E-state index is 0.187. The van der Waals surface area contributed by atoms with Crippen molar-refractivity contribution in [3.8, 4) is 0 Å². The maximum atomic E-state index is 3.49. The quantitative estimate of drug-likeness (QED) is 0.612. The summed E-state index contributed by atoms with van der Waals surface area (Å²) in [5, 5.41) is 0. The first-order chi connectivity index (χ1) is 7.91. The molecule has 91 valence electrons. The molecule has 0 fully saturated rings. The van der Waals surface area contributed by atoms with Crippen LogP contribution in [0.4, 0.5) is 0 Å². The maximum absolute atomic E-state index is 3.49. The third-order valence-electron chi connectivity index (χ3n) is 4.63. The fourth-order valence-electron chi connectivity index (χ4n) is 3.20. The topological polar surface area (TPSA) is 0 Å². The van der Waals surface area contributed by atoms with E-state index in [4.69, 9.17) is 0 Å². The Morgan fingerprint density at radius 2 is 1.82 bits per heavy atom. The molecule has 0 atom stereocenters. The van der Waals surface area contributed by atoms with Gasteiger partial charge in [0, 0.05) is 5.41 Å². The van der Waals surface area contributed by atoms with E-state index in [1.165, 1.54) is 33.4 Å². The summed E-state index contributed by atoms with van der Waals surface area (Å²) in [6.45, 7) is 13.7. The molecule has 0 aliphatic heterocycles. The molecular weight excluding hydrogens is 204 g/mol. The van der Waals surface area contributed by atoms with Crippen molar-refractivity contribution in [1.82, 2.24) is 0 Å². The summed E-state index contributed by atoms with van der Waals surface area (Å²) in [6.07, 6.45) is 7.93. The van der Waals surface area contributed by atoms with Gasteiger partial charge >= 0.3 is 0 Å². The Balaban J connectivity index is 2.53. The van der Waals surface area contributed by atoms with Gasteiger partial charge in [-0.25, -0.2) is 0 Å². The van der Waals surface area contributed by atoms with Crippen LogP contribution in [0.2, 0.25) is 0 Å². The van der Waals surface area contributed by atoms with Gasteiger partial charge in [-0.2, -0.15) is 0 Å². The van der Waals surface area contributed by atoms with Crippen LogP contribution in [0, 0.1) is 11.5 Å². The van der Waals surface area contributed by atoms with Gasteiger partial charge in [0.05, 0.1) is 0 Å². The van der Waals surface area contributed by atoms with Crippen LogP contribution in [0.5, 0.6) is 0 Å². The second kappa shape index (κ2) is 4.01. The lowest BCUT2D eigenvalue weighted by atomic mass is 9.76. The molecule has 2 rings (SSSR count). The molecule has 0 heteroatoms. The number of rotatable bonds is 2. The van der Waals surface area contributed by atoms with Crippen LogP contribution in [0.15, 0.2) is 39.5 Å². The van der Waals surface area contributed by atoms with Crippen LogP contribution in [0.3, 0.4) is 0 Å². The molecule has 0 unspecified atom stereocenters. The summed E-state index contributed by atoms with van der Waals surface area (Å²) >= 11 is 0. The first-order valence-corrected chi connectivity index (χ1v) is 6.61. The van der Waals surface area contributed by atoms with E-state index in [9.17, 15) is 0 Å². The molecule has 0 bridgehead atoms. The molecule has 0 spiro atoms. The first kappa shape index (κ1) is 12.4. The van der Waals surface area contributed by atoms with Gasteiger partial charge < -0.3 is 0 Å².